The van der Waals surface area contributed by atoms with Crippen molar-refractivity contribution in [3.8, 4) is 22.9 Å². The lowest BCUT2D eigenvalue weighted by atomic mass is 9.96. The van der Waals surface area contributed by atoms with Crippen molar-refractivity contribution in [1.29, 1.82) is 0 Å². The maximum Gasteiger partial charge on any atom is 0.343 e. The molecule has 0 radical (unpaired) electrons. The Morgan fingerprint density at radius 2 is 1.87 bits per heavy atom. The van der Waals surface area contributed by atoms with Crippen LogP contribution in [0.2, 0.25) is 5.02 Å². The molecule has 0 bridgehead atoms. The van der Waals surface area contributed by atoms with Crippen LogP contribution in [0.25, 0.3) is 22.3 Å². The third kappa shape index (κ3) is 6.12. The second-order valence-electron chi connectivity index (χ2n) is 9.16. The predicted molar refractivity (Wildman–Crippen MR) is 153 cm³/mol. The number of para-hydroxylation sites is 1. The van der Waals surface area contributed by atoms with E-state index in [1.807, 2.05) is 38.1 Å². The highest BCUT2D eigenvalue weighted by atomic mass is 35.5. The van der Waals surface area contributed by atoms with E-state index in [1.165, 1.54) is 18.0 Å². The molecule has 0 aliphatic carbocycles. The lowest BCUT2D eigenvalue weighted by molar-refractivity contribution is -0.142. The molecule has 4 aromatic rings. The quantitative estimate of drug-likeness (QED) is 0.189. The Morgan fingerprint density at radius 3 is 2.56 bits per heavy atom. The fraction of sp³-hybridized carbons (Fsp3) is 0.267. The van der Waals surface area contributed by atoms with Crippen molar-refractivity contribution in [3.05, 3.63) is 86.7 Å². The highest BCUT2D eigenvalue weighted by molar-refractivity contribution is 6.32. The minimum Gasteiger partial charge on any atom is -0.494 e. The van der Waals surface area contributed by atoms with Gasteiger partial charge >= 0.3 is 5.97 Å². The van der Waals surface area contributed by atoms with Crippen LogP contribution in [0.1, 0.15) is 43.4 Å². The normalized spacial score (nSPS) is 11.4. The van der Waals surface area contributed by atoms with E-state index in [-0.39, 0.29) is 23.1 Å². The van der Waals surface area contributed by atoms with Crippen LogP contribution in [-0.2, 0) is 9.53 Å². The molecule has 9 heteroatoms. The number of rotatable bonds is 9. The van der Waals surface area contributed by atoms with Crippen LogP contribution in [0.3, 0.4) is 0 Å². The Labute approximate surface area is 231 Å². The summed E-state index contributed by atoms with van der Waals surface area (Å²) < 4.78 is 17.2. The van der Waals surface area contributed by atoms with Crippen molar-refractivity contribution in [2.24, 2.45) is 5.10 Å². The zero-order chi connectivity index (χ0) is 28.1. The van der Waals surface area contributed by atoms with Gasteiger partial charge in [0.1, 0.15) is 11.5 Å². The van der Waals surface area contributed by atoms with Crippen molar-refractivity contribution in [1.82, 2.24) is 9.66 Å². The van der Waals surface area contributed by atoms with E-state index in [0.29, 0.717) is 34.6 Å². The van der Waals surface area contributed by atoms with E-state index in [2.05, 4.69) is 23.7 Å². The summed E-state index contributed by atoms with van der Waals surface area (Å²) in [5, 5.41) is 5.29. The van der Waals surface area contributed by atoms with Crippen LogP contribution in [0.4, 0.5) is 0 Å². The number of nitrogens with zero attached hydrogens (tertiary/aromatic N) is 3. The van der Waals surface area contributed by atoms with E-state index in [4.69, 9.17) is 26.1 Å². The smallest absolute Gasteiger partial charge is 0.343 e. The average Bonchev–Trinajstić information content (AvgIpc) is 2.92. The molecule has 202 valence electrons. The second-order valence-corrected chi connectivity index (χ2v) is 9.57. The Kier molecular flexibility index (Phi) is 8.66. The van der Waals surface area contributed by atoms with Gasteiger partial charge in [-0.15, -0.1) is 0 Å². The number of hydrogen-bond acceptors (Lipinski definition) is 7. The van der Waals surface area contributed by atoms with Gasteiger partial charge < -0.3 is 14.2 Å². The van der Waals surface area contributed by atoms with Crippen LogP contribution in [0, 0.1) is 6.92 Å². The Balaban J connectivity index is 1.83. The summed E-state index contributed by atoms with van der Waals surface area (Å²) in [6.07, 6.45) is 1.53. The summed E-state index contributed by atoms with van der Waals surface area (Å²) in [7, 11) is 1.28. The largest absolute Gasteiger partial charge is 0.494 e. The molecule has 0 aliphatic heterocycles. The number of aromatic nitrogens is 2. The maximum absolute atomic E-state index is 13.6. The van der Waals surface area contributed by atoms with Crippen LogP contribution < -0.4 is 15.0 Å². The zero-order valence-corrected chi connectivity index (χ0v) is 23.3. The van der Waals surface area contributed by atoms with Gasteiger partial charge in [0, 0.05) is 5.56 Å². The van der Waals surface area contributed by atoms with Gasteiger partial charge in [0.05, 0.1) is 35.9 Å². The molecule has 8 nitrogen and oxygen atoms in total. The van der Waals surface area contributed by atoms with Gasteiger partial charge in [0.25, 0.3) is 5.56 Å². The number of methoxy groups -OCH3 is 1. The van der Waals surface area contributed by atoms with Gasteiger partial charge in [-0.05, 0) is 78.9 Å². The molecule has 0 fully saturated rings. The lowest BCUT2D eigenvalue weighted by Crippen LogP contribution is -2.21. The third-order valence-electron chi connectivity index (χ3n) is 6.12. The molecule has 1 heterocycles. The third-order valence-corrected chi connectivity index (χ3v) is 6.42. The Bertz CT molecular complexity index is 1610. The molecule has 0 amide bonds. The maximum atomic E-state index is 13.6. The van der Waals surface area contributed by atoms with E-state index in [0.717, 1.165) is 22.4 Å². The SMILES string of the molecule is CCOc1cc(C)c(-c2nc3ccccc3c(=O)n2N=Cc2ccc(OCC(=O)OC)c(Cl)c2)cc1C(C)C. The molecule has 0 aliphatic rings. The summed E-state index contributed by atoms with van der Waals surface area (Å²) in [5.74, 6) is 1.24. The molecule has 0 saturated heterocycles. The monoisotopic (exact) mass is 547 g/mol. The average molecular weight is 548 g/mol. The van der Waals surface area contributed by atoms with Crippen LogP contribution >= 0.6 is 11.6 Å². The van der Waals surface area contributed by atoms with Gasteiger partial charge in [-0.1, -0.05) is 37.6 Å². The van der Waals surface area contributed by atoms with Gasteiger partial charge in [0.15, 0.2) is 12.4 Å². The first-order valence-corrected chi connectivity index (χ1v) is 12.9. The lowest BCUT2D eigenvalue weighted by Gasteiger charge is -2.18. The standard InChI is InChI=1S/C30H30ClN3O5/c1-6-38-27-13-19(4)23(15-22(27)18(2)3)29-33-25-10-8-7-9-21(25)30(36)34(29)32-16-20-11-12-26(24(31)14-20)39-17-28(35)37-5/h7-16,18H,6,17H2,1-5H3. The first-order chi connectivity index (χ1) is 18.7. The molecule has 1 aromatic heterocycles. The van der Waals surface area contributed by atoms with Crippen molar-refractivity contribution in [3.63, 3.8) is 0 Å². The first-order valence-electron chi connectivity index (χ1n) is 12.6. The number of carbonyl (C=O) groups is 1. The van der Waals surface area contributed by atoms with Crippen molar-refractivity contribution in [2.75, 3.05) is 20.3 Å². The summed E-state index contributed by atoms with van der Waals surface area (Å²) in [6.45, 7) is 8.40. The van der Waals surface area contributed by atoms with E-state index in [9.17, 15) is 9.59 Å². The van der Waals surface area contributed by atoms with Crippen LogP contribution in [0.5, 0.6) is 11.5 Å². The summed E-state index contributed by atoms with van der Waals surface area (Å²) >= 11 is 6.35. The van der Waals surface area contributed by atoms with Gasteiger partial charge in [-0.2, -0.15) is 9.78 Å². The minimum absolute atomic E-state index is 0.192. The molecule has 0 spiro atoms. The fourth-order valence-electron chi connectivity index (χ4n) is 4.11. The molecule has 0 saturated carbocycles. The van der Waals surface area contributed by atoms with Crippen LogP contribution in [-0.4, -0.2) is 42.2 Å². The topological polar surface area (TPSA) is 92.0 Å². The second kappa shape index (κ2) is 12.1. The van der Waals surface area contributed by atoms with Crippen molar-refractivity contribution >= 4 is 34.7 Å². The molecule has 0 unspecified atom stereocenters. The number of fused-ring (bicyclic) bond motifs is 1. The molecule has 4 rings (SSSR count). The summed E-state index contributed by atoms with van der Waals surface area (Å²) in [5.41, 5.74) is 3.62. The van der Waals surface area contributed by atoms with E-state index in [1.54, 1.807) is 30.3 Å². The minimum atomic E-state index is -0.516. The number of aryl methyl sites for hydroxylation is 1. The first kappa shape index (κ1) is 27.9. The number of carbonyl (C=O) groups excluding carboxylic acids is 1. The molecule has 3 aromatic carbocycles. The number of esters is 1. The van der Waals surface area contributed by atoms with Crippen molar-refractivity contribution < 1.29 is 19.0 Å². The molecular weight excluding hydrogens is 518 g/mol. The van der Waals surface area contributed by atoms with E-state index >= 15 is 0 Å². The van der Waals surface area contributed by atoms with E-state index < -0.39 is 5.97 Å². The number of ether oxygens (including phenoxy) is 3. The number of hydrogen-bond donors (Lipinski definition) is 0. The fourth-order valence-corrected chi connectivity index (χ4v) is 4.35. The number of benzene rings is 3. The van der Waals surface area contributed by atoms with Gasteiger partial charge in [0.2, 0.25) is 0 Å². The Hall–Kier alpha value is -4.17. The Morgan fingerprint density at radius 1 is 1.10 bits per heavy atom. The zero-order valence-electron chi connectivity index (χ0n) is 22.5. The number of halogens is 1. The summed E-state index contributed by atoms with van der Waals surface area (Å²) in [6, 6.07) is 16.2. The predicted octanol–water partition coefficient (Wildman–Crippen LogP) is 5.98. The van der Waals surface area contributed by atoms with Gasteiger partial charge in [-0.3, -0.25) is 4.79 Å². The molecule has 0 N–H and O–H groups in total. The highest BCUT2D eigenvalue weighted by Gasteiger charge is 2.18. The molecular formula is C30H30ClN3O5. The van der Waals surface area contributed by atoms with Gasteiger partial charge in [-0.25, -0.2) is 9.78 Å². The van der Waals surface area contributed by atoms with Crippen molar-refractivity contribution in [2.45, 2.75) is 33.6 Å². The summed E-state index contributed by atoms with van der Waals surface area (Å²) in [4.78, 5) is 29.9. The molecule has 0 atom stereocenters. The molecule has 39 heavy (non-hydrogen) atoms. The van der Waals surface area contributed by atoms with Crippen LogP contribution in [0.15, 0.2) is 64.5 Å². The highest BCUT2D eigenvalue weighted by Crippen LogP contribution is 2.34.